The molecule has 0 fully saturated rings. The maximum absolute atomic E-state index is 4.09. The molecule has 0 saturated heterocycles. The molecule has 0 spiro atoms. The molecule has 0 amide bonds. The van der Waals surface area contributed by atoms with E-state index in [-0.39, 0.29) is 0 Å². The van der Waals surface area contributed by atoms with Crippen molar-refractivity contribution in [3.05, 3.63) is 36.0 Å². The molecule has 76 valence electrons. The quantitative estimate of drug-likeness (QED) is 0.737. The summed E-state index contributed by atoms with van der Waals surface area (Å²) in [6.07, 6.45) is 5.28. The van der Waals surface area contributed by atoms with Crippen LogP contribution in [0, 0.1) is 0 Å². The van der Waals surface area contributed by atoms with Crippen LogP contribution in [0.15, 0.2) is 30.5 Å². The van der Waals surface area contributed by atoms with Crippen LogP contribution in [-0.4, -0.2) is 23.3 Å². The van der Waals surface area contributed by atoms with Crippen LogP contribution in [0.2, 0.25) is 0 Å². The van der Waals surface area contributed by atoms with Crippen LogP contribution in [0.5, 0.6) is 0 Å². The number of fused-ring (bicyclic) bond motifs is 1. The molecule has 0 bridgehead atoms. The van der Waals surface area contributed by atoms with Crippen LogP contribution in [0.4, 0.5) is 0 Å². The van der Waals surface area contributed by atoms with Crippen molar-refractivity contribution in [3.63, 3.8) is 0 Å². The zero-order valence-corrected chi connectivity index (χ0v) is 8.46. The topological polar surface area (TPSA) is 40.7 Å². The molecule has 3 heteroatoms. The molecule has 2 aromatic rings. The van der Waals surface area contributed by atoms with Crippen LogP contribution in [0.3, 0.4) is 0 Å². The second kappa shape index (κ2) is 3.51. The number of nitrogens with one attached hydrogen (secondary N) is 2. The molecule has 1 aromatic heterocycles. The van der Waals surface area contributed by atoms with Crippen LogP contribution < -0.4 is 5.32 Å². The third kappa shape index (κ3) is 1.45. The fourth-order valence-electron chi connectivity index (χ4n) is 2.12. The van der Waals surface area contributed by atoms with Gasteiger partial charge in [0.25, 0.3) is 0 Å². The van der Waals surface area contributed by atoms with Crippen LogP contribution >= 0.6 is 0 Å². The Morgan fingerprint density at radius 3 is 3.13 bits per heavy atom. The fraction of sp³-hybridized carbons (Fsp3) is 0.250. The third-order valence-corrected chi connectivity index (χ3v) is 2.89. The van der Waals surface area contributed by atoms with E-state index < -0.39 is 0 Å². The molecular weight excluding hydrogens is 186 g/mol. The van der Waals surface area contributed by atoms with Gasteiger partial charge in [-0.25, -0.2) is 0 Å². The number of nitrogens with zero attached hydrogens (tertiary/aromatic N) is 1. The zero-order valence-electron chi connectivity index (χ0n) is 8.46. The van der Waals surface area contributed by atoms with Crippen LogP contribution in [0.1, 0.15) is 12.0 Å². The van der Waals surface area contributed by atoms with E-state index >= 15 is 0 Å². The highest BCUT2D eigenvalue weighted by Crippen LogP contribution is 2.26. The molecule has 0 atom stereocenters. The Hall–Kier alpha value is -1.61. The maximum Gasteiger partial charge on any atom is 0.0656 e. The summed E-state index contributed by atoms with van der Waals surface area (Å²) in [5, 5.41) is 11.6. The van der Waals surface area contributed by atoms with Crippen molar-refractivity contribution < 1.29 is 0 Å². The predicted octanol–water partition coefficient (Wildman–Crippen LogP) is 1.94. The zero-order chi connectivity index (χ0) is 10.1. The molecule has 2 heterocycles. The fourth-order valence-corrected chi connectivity index (χ4v) is 2.12. The Bertz CT molecular complexity index is 510. The second-order valence-electron chi connectivity index (χ2n) is 3.82. The number of aromatic amines is 1. The molecule has 1 aromatic carbocycles. The van der Waals surface area contributed by atoms with Crippen molar-refractivity contribution in [3.8, 4) is 0 Å². The SMILES string of the molecule is C1=C(c2cccc3[nH]ncc23)CCNC1. The first-order valence-corrected chi connectivity index (χ1v) is 5.27. The summed E-state index contributed by atoms with van der Waals surface area (Å²) in [7, 11) is 0. The van der Waals surface area contributed by atoms with Crippen molar-refractivity contribution in [2.45, 2.75) is 6.42 Å². The molecule has 2 N–H and O–H groups in total. The van der Waals surface area contributed by atoms with Crippen LogP contribution in [-0.2, 0) is 0 Å². The average Bonchev–Trinajstić information content (AvgIpc) is 2.78. The Morgan fingerprint density at radius 1 is 1.27 bits per heavy atom. The summed E-state index contributed by atoms with van der Waals surface area (Å²) in [6.45, 7) is 2.05. The van der Waals surface area contributed by atoms with Gasteiger partial charge in [0.05, 0.1) is 11.7 Å². The van der Waals surface area contributed by atoms with Gasteiger partial charge in [-0.05, 0) is 30.2 Å². The van der Waals surface area contributed by atoms with E-state index in [0.717, 1.165) is 25.0 Å². The van der Waals surface area contributed by atoms with E-state index in [1.54, 1.807) is 0 Å². The molecule has 0 radical (unpaired) electrons. The molecule has 3 rings (SSSR count). The first-order chi connectivity index (χ1) is 7.45. The van der Waals surface area contributed by atoms with Gasteiger partial charge in [0.1, 0.15) is 0 Å². The summed E-state index contributed by atoms with van der Waals surface area (Å²) in [4.78, 5) is 0. The summed E-state index contributed by atoms with van der Waals surface area (Å²) in [5.74, 6) is 0. The van der Waals surface area contributed by atoms with Gasteiger partial charge in [0.15, 0.2) is 0 Å². The minimum atomic E-state index is 0.976. The van der Waals surface area contributed by atoms with Gasteiger partial charge in [-0.15, -0.1) is 0 Å². The molecule has 15 heavy (non-hydrogen) atoms. The van der Waals surface area contributed by atoms with Crippen molar-refractivity contribution >= 4 is 16.5 Å². The monoisotopic (exact) mass is 199 g/mol. The van der Waals surface area contributed by atoms with Gasteiger partial charge in [0, 0.05) is 11.9 Å². The number of benzene rings is 1. The lowest BCUT2D eigenvalue weighted by molar-refractivity contribution is 0.739. The average molecular weight is 199 g/mol. The van der Waals surface area contributed by atoms with E-state index in [1.165, 1.54) is 16.5 Å². The van der Waals surface area contributed by atoms with E-state index in [0.29, 0.717) is 0 Å². The smallest absolute Gasteiger partial charge is 0.0656 e. The van der Waals surface area contributed by atoms with E-state index in [2.05, 4.69) is 39.8 Å². The Kier molecular flexibility index (Phi) is 2.03. The molecule has 0 saturated carbocycles. The first kappa shape index (κ1) is 8.68. The van der Waals surface area contributed by atoms with Crippen molar-refractivity contribution in [2.75, 3.05) is 13.1 Å². The van der Waals surface area contributed by atoms with Gasteiger partial charge in [-0.2, -0.15) is 5.10 Å². The molecule has 1 aliphatic rings. The third-order valence-electron chi connectivity index (χ3n) is 2.89. The molecule has 0 unspecified atom stereocenters. The second-order valence-corrected chi connectivity index (χ2v) is 3.82. The maximum atomic E-state index is 4.09. The minimum Gasteiger partial charge on any atom is -0.313 e. The normalized spacial score (nSPS) is 16.7. The largest absolute Gasteiger partial charge is 0.313 e. The number of hydrogen-bond donors (Lipinski definition) is 2. The predicted molar refractivity (Wildman–Crippen MR) is 61.6 cm³/mol. The summed E-state index contributed by atoms with van der Waals surface area (Å²) in [6, 6.07) is 6.32. The summed E-state index contributed by atoms with van der Waals surface area (Å²) in [5.41, 5.74) is 3.87. The minimum absolute atomic E-state index is 0.976. The molecular formula is C12H13N3. The summed E-state index contributed by atoms with van der Waals surface area (Å²) >= 11 is 0. The van der Waals surface area contributed by atoms with E-state index in [1.807, 2.05) is 6.20 Å². The lowest BCUT2D eigenvalue weighted by Crippen LogP contribution is -2.20. The molecule has 3 nitrogen and oxygen atoms in total. The number of H-pyrrole nitrogens is 1. The number of hydrogen-bond acceptors (Lipinski definition) is 2. The van der Waals surface area contributed by atoms with Gasteiger partial charge in [-0.1, -0.05) is 18.2 Å². The van der Waals surface area contributed by atoms with Crippen molar-refractivity contribution in [1.29, 1.82) is 0 Å². The number of aromatic nitrogens is 2. The Balaban J connectivity index is 2.17. The van der Waals surface area contributed by atoms with Gasteiger partial charge >= 0.3 is 0 Å². The van der Waals surface area contributed by atoms with Gasteiger partial charge in [0.2, 0.25) is 0 Å². The molecule has 0 aliphatic carbocycles. The van der Waals surface area contributed by atoms with Crippen molar-refractivity contribution in [1.82, 2.24) is 15.5 Å². The van der Waals surface area contributed by atoms with E-state index in [4.69, 9.17) is 0 Å². The van der Waals surface area contributed by atoms with Gasteiger partial charge in [-0.3, -0.25) is 5.10 Å². The van der Waals surface area contributed by atoms with E-state index in [9.17, 15) is 0 Å². The van der Waals surface area contributed by atoms with Crippen molar-refractivity contribution in [2.24, 2.45) is 0 Å². The Labute approximate surface area is 88.2 Å². The standard InChI is InChI=1S/C12H13N3/c1-2-10(9-4-6-13-7-5-9)11-8-14-15-12(11)3-1/h1-4,8,13H,5-7H2,(H,14,15). The highest BCUT2D eigenvalue weighted by molar-refractivity contribution is 5.91. The first-order valence-electron chi connectivity index (χ1n) is 5.27. The summed E-state index contributed by atoms with van der Waals surface area (Å²) < 4.78 is 0. The highest BCUT2D eigenvalue weighted by Gasteiger charge is 2.09. The number of rotatable bonds is 1. The van der Waals surface area contributed by atoms with Crippen LogP contribution in [0.25, 0.3) is 16.5 Å². The Morgan fingerprint density at radius 2 is 2.27 bits per heavy atom. The van der Waals surface area contributed by atoms with Gasteiger partial charge < -0.3 is 5.32 Å². The lowest BCUT2D eigenvalue weighted by atomic mass is 9.97. The lowest BCUT2D eigenvalue weighted by Gasteiger charge is -2.14. The highest BCUT2D eigenvalue weighted by atomic mass is 15.1. The molecule has 1 aliphatic heterocycles.